The van der Waals surface area contributed by atoms with E-state index in [0.717, 1.165) is 61.2 Å². The highest BCUT2D eigenvalue weighted by Crippen LogP contribution is 2.28. The van der Waals surface area contributed by atoms with Crippen LogP contribution in [0.1, 0.15) is 16.1 Å². The quantitative estimate of drug-likeness (QED) is 0.418. The van der Waals surface area contributed by atoms with Gasteiger partial charge in [0.05, 0.1) is 19.3 Å². The van der Waals surface area contributed by atoms with Crippen molar-refractivity contribution in [3.05, 3.63) is 70.5 Å². The predicted octanol–water partition coefficient (Wildman–Crippen LogP) is 3.80. The molecule has 0 radical (unpaired) electrons. The topological polar surface area (TPSA) is 87.6 Å². The molecule has 5 rings (SSSR count). The molecule has 1 aliphatic rings. The number of nitrogens with zero attached hydrogens (tertiary/aromatic N) is 5. The minimum absolute atomic E-state index is 0. The van der Waals surface area contributed by atoms with Gasteiger partial charge in [-0.1, -0.05) is 41.7 Å². The van der Waals surface area contributed by atoms with Crippen molar-refractivity contribution in [2.75, 3.05) is 26.7 Å². The van der Waals surface area contributed by atoms with Gasteiger partial charge < -0.3 is 15.1 Å². The molecule has 178 valence electrons. The van der Waals surface area contributed by atoms with E-state index >= 15 is 0 Å². The van der Waals surface area contributed by atoms with Crippen LogP contribution in [0.2, 0.25) is 0 Å². The number of hydrogen-bond acceptors (Lipinski definition) is 6. The molecule has 7 nitrogen and oxygen atoms in total. The van der Waals surface area contributed by atoms with Gasteiger partial charge in [0.2, 0.25) is 0 Å². The molecule has 4 aromatic rings. The van der Waals surface area contributed by atoms with Crippen molar-refractivity contribution in [1.82, 2.24) is 24.6 Å². The summed E-state index contributed by atoms with van der Waals surface area (Å²) in [6.07, 6.45) is 1.91. The molecule has 0 unspecified atom stereocenters. The molecule has 0 spiro atoms. The largest absolute Gasteiger partial charge is 0.473 e. The maximum atomic E-state index is 13.8. The molecule has 0 saturated carbocycles. The zero-order valence-corrected chi connectivity index (χ0v) is 20.1. The Hall–Kier alpha value is -3.14. The van der Waals surface area contributed by atoms with Gasteiger partial charge >= 0.3 is 0 Å². The summed E-state index contributed by atoms with van der Waals surface area (Å²) < 4.78 is 21.1. The van der Waals surface area contributed by atoms with Gasteiger partial charge in [0.15, 0.2) is 11.6 Å². The monoisotopic (exact) mass is 481 g/mol. The summed E-state index contributed by atoms with van der Waals surface area (Å²) in [5.74, 6) is 1.22. The SMILES string of the molecule is COc1nc2c(s1)CCN(CCn1nc(-c3ccc(F)c(C)c3)nc1-c1ccccc1)CC2.O. The molecule has 0 amide bonds. The fourth-order valence-corrected chi connectivity index (χ4v) is 5.05. The van der Waals surface area contributed by atoms with E-state index < -0.39 is 0 Å². The van der Waals surface area contributed by atoms with Crippen LogP contribution >= 0.6 is 11.3 Å². The number of hydrogen-bond donors (Lipinski definition) is 0. The number of aromatic nitrogens is 4. The molecule has 2 N–H and O–H groups in total. The van der Waals surface area contributed by atoms with Crippen molar-refractivity contribution in [2.24, 2.45) is 0 Å². The zero-order chi connectivity index (χ0) is 22.8. The van der Waals surface area contributed by atoms with Gasteiger partial charge in [0.1, 0.15) is 5.82 Å². The van der Waals surface area contributed by atoms with Gasteiger partial charge in [0.25, 0.3) is 5.19 Å². The molecule has 2 aromatic carbocycles. The molecule has 0 saturated heterocycles. The number of thiazole rings is 1. The first-order valence-corrected chi connectivity index (χ1v) is 11.9. The Bertz CT molecular complexity index is 1230. The van der Waals surface area contributed by atoms with E-state index in [1.54, 1.807) is 37.5 Å². The van der Waals surface area contributed by atoms with Gasteiger partial charge in [-0.25, -0.2) is 19.0 Å². The molecule has 0 fully saturated rings. The molecule has 34 heavy (non-hydrogen) atoms. The summed E-state index contributed by atoms with van der Waals surface area (Å²) in [7, 11) is 1.68. The van der Waals surface area contributed by atoms with Crippen LogP contribution in [0.4, 0.5) is 4.39 Å². The average molecular weight is 482 g/mol. The van der Waals surface area contributed by atoms with E-state index in [2.05, 4.69) is 9.88 Å². The molecule has 0 bridgehead atoms. The van der Waals surface area contributed by atoms with Gasteiger partial charge in [-0.3, -0.25) is 0 Å². The van der Waals surface area contributed by atoms with E-state index in [0.29, 0.717) is 11.4 Å². The smallest absolute Gasteiger partial charge is 0.273 e. The second-order valence-electron chi connectivity index (χ2n) is 8.21. The summed E-state index contributed by atoms with van der Waals surface area (Å²) in [6, 6.07) is 15.1. The lowest BCUT2D eigenvalue weighted by Gasteiger charge is -2.20. The van der Waals surface area contributed by atoms with Crippen molar-refractivity contribution in [3.8, 4) is 28.0 Å². The highest BCUT2D eigenvalue weighted by atomic mass is 32.1. The van der Waals surface area contributed by atoms with Crippen LogP contribution in [-0.4, -0.2) is 56.9 Å². The molecule has 0 aliphatic carbocycles. The van der Waals surface area contributed by atoms with Crippen LogP contribution in [-0.2, 0) is 19.4 Å². The Kier molecular flexibility index (Phi) is 7.35. The number of halogens is 1. The van der Waals surface area contributed by atoms with E-state index in [9.17, 15) is 4.39 Å². The minimum Gasteiger partial charge on any atom is -0.473 e. The standard InChI is InChI=1S/C25H26FN5OS.H2O/c1-17-16-19(8-9-20(17)26)23-28-24(18-6-4-3-5-7-18)31(29-23)15-14-30-12-10-21-22(11-13-30)33-25(27-21)32-2;/h3-9,16H,10-15H2,1-2H3;1H2. The number of aryl methyl sites for hydroxylation is 1. The van der Waals surface area contributed by atoms with Gasteiger partial charge in [0, 0.05) is 42.1 Å². The van der Waals surface area contributed by atoms with Crippen molar-refractivity contribution in [1.29, 1.82) is 0 Å². The van der Waals surface area contributed by atoms with Crippen molar-refractivity contribution in [3.63, 3.8) is 0 Å². The molecule has 9 heteroatoms. The molecule has 1 aliphatic heterocycles. The molecule has 2 aromatic heterocycles. The lowest BCUT2D eigenvalue weighted by molar-refractivity contribution is 0.271. The minimum atomic E-state index is -0.219. The van der Waals surface area contributed by atoms with E-state index in [1.807, 2.05) is 35.0 Å². The Morgan fingerprint density at radius 2 is 1.79 bits per heavy atom. The van der Waals surface area contributed by atoms with Crippen molar-refractivity contribution < 1.29 is 14.6 Å². The molecular formula is C25H28FN5O2S. The lowest BCUT2D eigenvalue weighted by Crippen LogP contribution is -2.30. The number of ether oxygens (including phenoxy) is 1. The van der Waals surface area contributed by atoms with Crippen LogP contribution in [0.3, 0.4) is 0 Å². The fraction of sp³-hybridized carbons (Fsp3) is 0.320. The number of methoxy groups -OCH3 is 1. The van der Waals surface area contributed by atoms with Crippen LogP contribution in [0.15, 0.2) is 48.5 Å². The molecular weight excluding hydrogens is 453 g/mol. The van der Waals surface area contributed by atoms with E-state index in [4.69, 9.17) is 14.8 Å². The summed E-state index contributed by atoms with van der Waals surface area (Å²) in [4.78, 5) is 13.2. The predicted molar refractivity (Wildman–Crippen MR) is 132 cm³/mol. The second kappa shape index (κ2) is 10.4. The zero-order valence-electron chi connectivity index (χ0n) is 19.3. The number of fused-ring (bicyclic) bond motifs is 1. The Labute approximate surface area is 202 Å². The highest BCUT2D eigenvalue weighted by molar-refractivity contribution is 7.13. The summed E-state index contributed by atoms with van der Waals surface area (Å²) in [5, 5.41) is 5.57. The fourth-order valence-electron chi connectivity index (χ4n) is 4.14. The molecule has 0 atom stereocenters. The van der Waals surface area contributed by atoms with Crippen LogP contribution in [0, 0.1) is 12.7 Å². The first kappa shape index (κ1) is 24.0. The Morgan fingerprint density at radius 1 is 1.00 bits per heavy atom. The van der Waals surface area contributed by atoms with E-state index in [1.165, 1.54) is 16.6 Å². The van der Waals surface area contributed by atoms with Crippen LogP contribution < -0.4 is 4.74 Å². The Morgan fingerprint density at radius 3 is 2.56 bits per heavy atom. The number of rotatable bonds is 6. The van der Waals surface area contributed by atoms with E-state index in [-0.39, 0.29) is 11.3 Å². The normalized spacial score (nSPS) is 13.7. The third-order valence-electron chi connectivity index (χ3n) is 6.00. The first-order valence-electron chi connectivity index (χ1n) is 11.1. The van der Waals surface area contributed by atoms with Gasteiger partial charge in [-0.15, -0.1) is 0 Å². The lowest BCUT2D eigenvalue weighted by atomic mass is 10.1. The average Bonchev–Trinajstić information content (AvgIpc) is 3.40. The summed E-state index contributed by atoms with van der Waals surface area (Å²) >= 11 is 1.65. The third-order valence-corrected chi connectivity index (χ3v) is 7.12. The van der Waals surface area contributed by atoms with Gasteiger partial charge in [-0.05, 0) is 37.1 Å². The summed E-state index contributed by atoms with van der Waals surface area (Å²) in [6.45, 7) is 5.30. The van der Waals surface area contributed by atoms with Gasteiger partial charge in [-0.2, -0.15) is 5.10 Å². The second-order valence-corrected chi connectivity index (χ2v) is 9.25. The van der Waals surface area contributed by atoms with Crippen LogP contribution in [0.25, 0.3) is 22.8 Å². The maximum absolute atomic E-state index is 13.8. The van der Waals surface area contributed by atoms with Crippen molar-refractivity contribution >= 4 is 11.3 Å². The van der Waals surface area contributed by atoms with Crippen molar-refractivity contribution in [2.45, 2.75) is 26.3 Å². The highest BCUT2D eigenvalue weighted by Gasteiger charge is 2.20. The first-order chi connectivity index (χ1) is 16.1. The number of benzene rings is 2. The molecule has 3 heterocycles. The summed E-state index contributed by atoms with van der Waals surface area (Å²) in [5.41, 5.74) is 3.60. The van der Waals surface area contributed by atoms with Crippen LogP contribution in [0.5, 0.6) is 5.19 Å². The third kappa shape index (κ3) is 5.01. The maximum Gasteiger partial charge on any atom is 0.273 e. The Balaban J connectivity index is 0.00000274.